The van der Waals surface area contributed by atoms with Crippen molar-refractivity contribution in [1.82, 2.24) is 0 Å². The lowest BCUT2D eigenvalue weighted by Crippen LogP contribution is -2.34. The van der Waals surface area contributed by atoms with Crippen LogP contribution in [-0.2, 0) is 14.9 Å². The molecule has 0 aromatic heterocycles. The third-order valence-corrected chi connectivity index (χ3v) is 4.11. The zero-order valence-corrected chi connectivity index (χ0v) is 13.6. The number of benzene rings is 1. The van der Waals surface area contributed by atoms with Crippen LogP contribution in [0.4, 0.5) is 5.69 Å². The first-order chi connectivity index (χ1) is 10.5. The van der Waals surface area contributed by atoms with Crippen molar-refractivity contribution in [3.8, 4) is 0 Å². The van der Waals surface area contributed by atoms with Crippen LogP contribution in [0, 0.1) is 10.1 Å². The quantitative estimate of drug-likeness (QED) is 0.294. The summed E-state index contributed by atoms with van der Waals surface area (Å²) in [5.74, 6) is -0.419. The van der Waals surface area contributed by atoms with Gasteiger partial charge in [-0.3, -0.25) is 14.9 Å². The molecule has 1 aromatic rings. The van der Waals surface area contributed by atoms with Gasteiger partial charge in [0, 0.05) is 11.6 Å². The van der Waals surface area contributed by atoms with Gasteiger partial charge in [-0.25, -0.2) is 0 Å². The maximum atomic E-state index is 12.3. The summed E-state index contributed by atoms with van der Waals surface area (Å²) >= 11 is 0. The number of hydrogen-bond donors (Lipinski definition) is 0. The van der Waals surface area contributed by atoms with Crippen LogP contribution in [-0.4, -0.2) is 18.0 Å². The zero-order chi connectivity index (χ0) is 16.6. The Balaban J connectivity index is 3.02. The van der Waals surface area contributed by atoms with Crippen LogP contribution < -0.4 is 0 Å². The molecule has 5 heteroatoms. The second kappa shape index (κ2) is 8.51. The topological polar surface area (TPSA) is 69.4 Å². The Morgan fingerprint density at radius 3 is 2.45 bits per heavy atom. The fraction of sp³-hybridized carbons (Fsp3) is 0.588. The number of nitrogens with zero attached hydrogens (tertiary/aromatic N) is 1. The predicted octanol–water partition coefficient (Wildman–Crippen LogP) is 4.39. The lowest BCUT2D eigenvalue weighted by atomic mass is 9.77. The highest BCUT2D eigenvalue weighted by molar-refractivity contribution is 5.84. The number of esters is 1. The van der Waals surface area contributed by atoms with Crippen LogP contribution in [0.3, 0.4) is 0 Å². The maximum Gasteiger partial charge on any atom is 0.316 e. The van der Waals surface area contributed by atoms with Gasteiger partial charge in [-0.1, -0.05) is 57.2 Å². The lowest BCUT2D eigenvalue weighted by molar-refractivity contribution is -0.386. The predicted molar refractivity (Wildman–Crippen MR) is 85.8 cm³/mol. The Bertz CT molecular complexity index is 515. The van der Waals surface area contributed by atoms with E-state index in [1.807, 2.05) is 0 Å². The van der Waals surface area contributed by atoms with Crippen molar-refractivity contribution in [2.45, 2.75) is 57.8 Å². The molecule has 0 aliphatic carbocycles. The Kier molecular flexibility index (Phi) is 7.02. The van der Waals surface area contributed by atoms with Gasteiger partial charge in [-0.05, 0) is 13.3 Å². The molecule has 0 aliphatic rings. The molecule has 122 valence electrons. The Morgan fingerprint density at radius 2 is 1.86 bits per heavy atom. The first-order valence-electron chi connectivity index (χ1n) is 7.79. The number of unbranched alkanes of at least 4 members (excludes halogenated alkanes) is 4. The highest BCUT2D eigenvalue weighted by Gasteiger charge is 2.40. The van der Waals surface area contributed by atoms with E-state index in [0.717, 1.165) is 25.7 Å². The number of ether oxygens (including phenoxy) is 1. The van der Waals surface area contributed by atoms with Crippen LogP contribution in [0.15, 0.2) is 24.3 Å². The average molecular weight is 307 g/mol. The standard InChI is InChI=1S/C17H25NO4/c1-4-5-6-7-10-13-17(2,16(19)22-3)14-11-8-9-12-15(14)18(20)21/h8-9,11-12H,4-7,10,13H2,1-3H3. The molecule has 5 nitrogen and oxygen atoms in total. The molecule has 0 heterocycles. The van der Waals surface area contributed by atoms with Crippen LogP contribution in [0.2, 0.25) is 0 Å². The number of nitro groups is 1. The molecule has 1 rings (SSSR count). The van der Waals surface area contributed by atoms with Crippen molar-refractivity contribution < 1.29 is 14.5 Å². The molecule has 0 amide bonds. The molecule has 0 fully saturated rings. The summed E-state index contributed by atoms with van der Waals surface area (Å²) in [6.45, 7) is 3.88. The fourth-order valence-corrected chi connectivity index (χ4v) is 2.75. The van der Waals surface area contributed by atoms with E-state index >= 15 is 0 Å². The van der Waals surface area contributed by atoms with Gasteiger partial charge >= 0.3 is 5.97 Å². The Hall–Kier alpha value is -1.91. The molecule has 0 spiro atoms. The van der Waals surface area contributed by atoms with Gasteiger partial charge in [0.05, 0.1) is 17.4 Å². The SMILES string of the molecule is CCCCCCCC(C)(C(=O)OC)c1ccccc1[N+](=O)[O-]. The molecule has 1 unspecified atom stereocenters. The van der Waals surface area contributed by atoms with Gasteiger partial charge in [0.25, 0.3) is 5.69 Å². The molecule has 0 aliphatic heterocycles. The van der Waals surface area contributed by atoms with Crippen molar-refractivity contribution in [3.63, 3.8) is 0 Å². The molecule has 0 saturated heterocycles. The zero-order valence-electron chi connectivity index (χ0n) is 13.6. The molecule has 0 radical (unpaired) electrons. The van der Waals surface area contributed by atoms with Gasteiger partial charge < -0.3 is 4.74 Å². The molecular weight excluding hydrogens is 282 g/mol. The minimum Gasteiger partial charge on any atom is -0.468 e. The number of carbonyl (C=O) groups excluding carboxylic acids is 1. The van der Waals surface area contributed by atoms with Gasteiger partial charge in [0.15, 0.2) is 0 Å². The van der Waals surface area contributed by atoms with Gasteiger partial charge in [-0.2, -0.15) is 0 Å². The van der Waals surface area contributed by atoms with E-state index in [9.17, 15) is 14.9 Å². The molecule has 0 saturated carbocycles. The van der Waals surface area contributed by atoms with Crippen molar-refractivity contribution in [2.24, 2.45) is 0 Å². The first-order valence-corrected chi connectivity index (χ1v) is 7.79. The monoisotopic (exact) mass is 307 g/mol. The summed E-state index contributed by atoms with van der Waals surface area (Å²) in [5.41, 5.74) is -0.573. The minimum absolute atomic E-state index is 0.0241. The molecule has 0 N–H and O–H groups in total. The third kappa shape index (κ3) is 4.29. The number of carbonyl (C=O) groups is 1. The van der Waals surface area contributed by atoms with Crippen molar-refractivity contribution in [2.75, 3.05) is 7.11 Å². The highest BCUT2D eigenvalue weighted by Crippen LogP contribution is 2.37. The van der Waals surface area contributed by atoms with Crippen LogP contribution in [0.25, 0.3) is 0 Å². The average Bonchev–Trinajstić information content (AvgIpc) is 2.53. The molecule has 22 heavy (non-hydrogen) atoms. The van der Waals surface area contributed by atoms with Crippen molar-refractivity contribution in [1.29, 1.82) is 0 Å². The molecule has 1 atom stereocenters. The fourth-order valence-electron chi connectivity index (χ4n) is 2.75. The van der Waals surface area contributed by atoms with E-state index in [1.165, 1.54) is 19.6 Å². The van der Waals surface area contributed by atoms with E-state index in [2.05, 4.69) is 6.92 Å². The maximum absolute atomic E-state index is 12.3. The van der Waals surface area contributed by atoms with E-state index in [-0.39, 0.29) is 5.69 Å². The summed E-state index contributed by atoms with van der Waals surface area (Å²) in [6.07, 6.45) is 5.84. The third-order valence-electron chi connectivity index (χ3n) is 4.11. The Morgan fingerprint density at radius 1 is 1.23 bits per heavy atom. The minimum atomic E-state index is -0.982. The summed E-state index contributed by atoms with van der Waals surface area (Å²) in [7, 11) is 1.33. The van der Waals surface area contributed by atoms with E-state index in [4.69, 9.17) is 4.74 Å². The first kappa shape index (κ1) is 18.1. The largest absolute Gasteiger partial charge is 0.468 e. The van der Waals surface area contributed by atoms with E-state index in [1.54, 1.807) is 25.1 Å². The van der Waals surface area contributed by atoms with Crippen molar-refractivity contribution >= 4 is 11.7 Å². The number of hydrogen-bond acceptors (Lipinski definition) is 4. The smallest absolute Gasteiger partial charge is 0.316 e. The van der Waals surface area contributed by atoms with Crippen LogP contribution in [0.1, 0.15) is 57.9 Å². The molecule has 1 aromatic carbocycles. The van der Waals surface area contributed by atoms with Crippen molar-refractivity contribution in [3.05, 3.63) is 39.9 Å². The van der Waals surface area contributed by atoms with E-state index in [0.29, 0.717) is 12.0 Å². The Labute approximate surface area is 131 Å². The molecule has 0 bridgehead atoms. The highest BCUT2D eigenvalue weighted by atomic mass is 16.6. The number of para-hydroxylation sites is 1. The van der Waals surface area contributed by atoms with Crippen LogP contribution >= 0.6 is 0 Å². The van der Waals surface area contributed by atoms with Gasteiger partial charge in [0.1, 0.15) is 0 Å². The summed E-state index contributed by atoms with van der Waals surface area (Å²) in [5, 5.41) is 11.2. The number of rotatable bonds is 9. The van der Waals surface area contributed by atoms with Gasteiger partial charge in [-0.15, -0.1) is 0 Å². The second-order valence-electron chi connectivity index (χ2n) is 5.76. The van der Waals surface area contributed by atoms with E-state index < -0.39 is 16.3 Å². The number of methoxy groups -OCH3 is 1. The normalized spacial score (nSPS) is 13.4. The summed E-state index contributed by atoms with van der Waals surface area (Å²) in [4.78, 5) is 23.1. The second-order valence-corrected chi connectivity index (χ2v) is 5.76. The van der Waals surface area contributed by atoms with Crippen LogP contribution in [0.5, 0.6) is 0 Å². The lowest BCUT2D eigenvalue weighted by Gasteiger charge is -2.26. The number of nitro benzene ring substituents is 1. The molecular formula is C17H25NO4. The van der Waals surface area contributed by atoms with Gasteiger partial charge in [0.2, 0.25) is 0 Å². The summed E-state index contributed by atoms with van der Waals surface area (Å²) < 4.78 is 4.92. The summed E-state index contributed by atoms with van der Waals surface area (Å²) in [6, 6.07) is 6.43.